The first-order valence-electron chi connectivity index (χ1n) is 6.45. The van der Waals surface area contributed by atoms with Crippen molar-refractivity contribution in [1.29, 1.82) is 0 Å². The lowest BCUT2D eigenvalue weighted by Gasteiger charge is -2.32. The van der Waals surface area contributed by atoms with Crippen molar-refractivity contribution in [3.63, 3.8) is 0 Å². The number of nitrogens with one attached hydrogen (secondary N) is 1. The third-order valence-electron chi connectivity index (χ3n) is 3.39. The number of hydrogen-bond donors (Lipinski definition) is 2. The molecule has 0 atom stereocenters. The van der Waals surface area contributed by atoms with E-state index in [1.54, 1.807) is 17.0 Å². The highest BCUT2D eigenvalue weighted by atomic mass is 16.1. The van der Waals surface area contributed by atoms with Gasteiger partial charge in [-0.3, -0.25) is 4.79 Å². The van der Waals surface area contributed by atoms with Gasteiger partial charge in [-0.25, -0.2) is 4.98 Å². The van der Waals surface area contributed by atoms with Gasteiger partial charge in [0.2, 0.25) is 0 Å². The maximum Gasteiger partial charge on any atom is 0.293 e. The van der Waals surface area contributed by atoms with Gasteiger partial charge in [0.25, 0.3) is 5.56 Å². The van der Waals surface area contributed by atoms with E-state index in [1.807, 2.05) is 20.8 Å². The van der Waals surface area contributed by atoms with E-state index >= 15 is 0 Å². The molecule has 1 aromatic rings. The fourth-order valence-electron chi connectivity index (χ4n) is 2.26. The normalized spacial score (nSPS) is 23.6. The van der Waals surface area contributed by atoms with E-state index < -0.39 is 0 Å². The molecule has 18 heavy (non-hydrogen) atoms. The molecule has 1 heterocycles. The van der Waals surface area contributed by atoms with Crippen molar-refractivity contribution in [3.05, 3.63) is 22.7 Å². The Morgan fingerprint density at radius 1 is 1.50 bits per heavy atom. The number of nitrogens with zero attached hydrogens (tertiary/aromatic N) is 2. The standard InChI is InChI=1S/C13H22N4O/c1-13(2,3)17-5-4-15-11(12(17)18)16-8-9-6-10(14)7-9/h4-5,9-10H,6-8,14H2,1-3H3,(H,15,16). The molecule has 5 heteroatoms. The van der Waals surface area contributed by atoms with Crippen molar-refractivity contribution >= 4 is 5.82 Å². The Morgan fingerprint density at radius 2 is 2.17 bits per heavy atom. The van der Waals surface area contributed by atoms with Crippen molar-refractivity contribution in [1.82, 2.24) is 9.55 Å². The zero-order chi connectivity index (χ0) is 13.3. The summed E-state index contributed by atoms with van der Waals surface area (Å²) in [4.78, 5) is 16.3. The Hall–Kier alpha value is -1.36. The van der Waals surface area contributed by atoms with Crippen molar-refractivity contribution in [3.8, 4) is 0 Å². The summed E-state index contributed by atoms with van der Waals surface area (Å²) >= 11 is 0. The Bertz CT molecular complexity index is 469. The van der Waals surface area contributed by atoms with Crippen LogP contribution in [-0.4, -0.2) is 22.1 Å². The lowest BCUT2D eigenvalue weighted by Crippen LogP contribution is -2.41. The zero-order valence-electron chi connectivity index (χ0n) is 11.3. The van der Waals surface area contributed by atoms with Crippen LogP contribution < -0.4 is 16.6 Å². The Morgan fingerprint density at radius 3 is 2.72 bits per heavy atom. The summed E-state index contributed by atoms with van der Waals surface area (Å²) in [5, 5.41) is 3.15. The average molecular weight is 250 g/mol. The number of nitrogens with two attached hydrogens (primary N) is 1. The van der Waals surface area contributed by atoms with Gasteiger partial charge in [0.05, 0.1) is 0 Å². The van der Waals surface area contributed by atoms with Gasteiger partial charge in [-0.2, -0.15) is 0 Å². The molecule has 0 bridgehead atoms. The molecule has 0 unspecified atom stereocenters. The molecule has 1 aliphatic carbocycles. The highest BCUT2D eigenvalue weighted by molar-refractivity contribution is 5.31. The molecule has 1 aliphatic rings. The molecule has 5 nitrogen and oxygen atoms in total. The van der Waals surface area contributed by atoms with Crippen molar-refractivity contribution in [2.24, 2.45) is 11.7 Å². The van der Waals surface area contributed by atoms with Crippen molar-refractivity contribution < 1.29 is 0 Å². The second-order valence-corrected chi connectivity index (χ2v) is 6.10. The first kappa shape index (κ1) is 13.1. The maximum atomic E-state index is 12.2. The van der Waals surface area contributed by atoms with Crippen LogP contribution in [0.3, 0.4) is 0 Å². The van der Waals surface area contributed by atoms with E-state index in [4.69, 9.17) is 5.73 Å². The van der Waals surface area contributed by atoms with Crippen LogP contribution in [-0.2, 0) is 5.54 Å². The van der Waals surface area contributed by atoms with Crippen LogP contribution in [0.15, 0.2) is 17.2 Å². The average Bonchev–Trinajstić information content (AvgIpc) is 2.23. The molecule has 0 aliphatic heterocycles. The molecular weight excluding hydrogens is 228 g/mol. The molecule has 1 fully saturated rings. The summed E-state index contributed by atoms with van der Waals surface area (Å²) in [5.74, 6) is 1.01. The zero-order valence-corrected chi connectivity index (χ0v) is 11.3. The van der Waals surface area contributed by atoms with Gasteiger partial charge >= 0.3 is 0 Å². The Kier molecular flexibility index (Phi) is 3.43. The van der Waals surface area contributed by atoms with Crippen LogP contribution in [0.4, 0.5) is 5.82 Å². The third-order valence-corrected chi connectivity index (χ3v) is 3.39. The van der Waals surface area contributed by atoms with Gasteiger partial charge in [-0.05, 0) is 39.5 Å². The first-order chi connectivity index (χ1) is 8.38. The van der Waals surface area contributed by atoms with Crippen molar-refractivity contribution in [2.45, 2.75) is 45.2 Å². The smallest absolute Gasteiger partial charge is 0.293 e. The minimum absolute atomic E-state index is 0.0615. The second kappa shape index (κ2) is 4.72. The van der Waals surface area contributed by atoms with Crippen LogP contribution in [0, 0.1) is 5.92 Å². The highest BCUT2D eigenvalue weighted by Gasteiger charge is 2.26. The highest BCUT2D eigenvalue weighted by Crippen LogP contribution is 2.25. The van der Waals surface area contributed by atoms with Crippen LogP contribution in [0.5, 0.6) is 0 Å². The number of hydrogen-bond acceptors (Lipinski definition) is 4. The van der Waals surface area contributed by atoms with Crippen LogP contribution in [0.2, 0.25) is 0 Å². The number of anilines is 1. The van der Waals surface area contributed by atoms with Gasteiger partial charge in [0.1, 0.15) is 0 Å². The lowest BCUT2D eigenvalue weighted by molar-refractivity contribution is 0.279. The quantitative estimate of drug-likeness (QED) is 0.844. The molecule has 0 radical (unpaired) electrons. The molecule has 100 valence electrons. The molecule has 1 aromatic heterocycles. The third kappa shape index (κ3) is 2.72. The maximum absolute atomic E-state index is 12.2. The SMILES string of the molecule is CC(C)(C)n1ccnc(NCC2CC(N)C2)c1=O. The molecule has 0 spiro atoms. The van der Waals surface area contributed by atoms with E-state index in [2.05, 4.69) is 10.3 Å². The topological polar surface area (TPSA) is 72.9 Å². The van der Waals surface area contributed by atoms with Gasteiger partial charge in [0.15, 0.2) is 5.82 Å². The molecule has 0 amide bonds. The van der Waals surface area contributed by atoms with Crippen LogP contribution in [0.1, 0.15) is 33.6 Å². The largest absolute Gasteiger partial charge is 0.365 e. The summed E-state index contributed by atoms with van der Waals surface area (Å²) in [6, 6.07) is 0.340. The molecule has 1 saturated carbocycles. The van der Waals surface area contributed by atoms with E-state index in [0.717, 1.165) is 19.4 Å². The van der Waals surface area contributed by atoms with E-state index in [9.17, 15) is 4.79 Å². The molecular formula is C13H22N4O. The minimum atomic E-state index is -0.227. The summed E-state index contributed by atoms with van der Waals surface area (Å²) in [6.45, 7) is 6.79. The van der Waals surface area contributed by atoms with Gasteiger partial charge in [-0.1, -0.05) is 0 Å². The summed E-state index contributed by atoms with van der Waals surface area (Å²) in [5.41, 5.74) is 5.45. The van der Waals surface area contributed by atoms with Crippen LogP contribution >= 0.6 is 0 Å². The predicted molar refractivity (Wildman–Crippen MR) is 72.7 cm³/mol. The molecule has 3 N–H and O–H groups in total. The van der Waals surface area contributed by atoms with Gasteiger partial charge < -0.3 is 15.6 Å². The van der Waals surface area contributed by atoms with E-state index in [1.165, 1.54) is 0 Å². The lowest BCUT2D eigenvalue weighted by atomic mass is 9.81. The van der Waals surface area contributed by atoms with Gasteiger partial charge in [0, 0.05) is 30.5 Å². The van der Waals surface area contributed by atoms with E-state index in [0.29, 0.717) is 17.8 Å². The Labute approximate surface area is 107 Å². The molecule has 0 aromatic carbocycles. The number of aromatic nitrogens is 2. The second-order valence-electron chi connectivity index (χ2n) is 6.10. The minimum Gasteiger partial charge on any atom is -0.365 e. The monoisotopic (exact) mass is 250 g/mol. The Balaban J connectivity index is 2.07. The molecule has 0 saturated heterocycles. The summed E-state index contributed by atoms with van der Waals surface area (Å²) in [7, 11) is 0. The van der Waals surface area contributed by atoms with Crippen LogP contribution in [0.25, 0.3) is 0 Å². The van der Waals surface area contributed by atoms with Gasteiger partial charge in [-0.15, -0.1) is 0 Å². The first-order valence-corrected chi connectivity index (χ1v) is 6.45. The fraction of sp³-hybridized carbons (Fsp3) is 0.692. The fourth-order valence-corrected chi connectivity index (χ4v) is 2.26. The number of rotatable bonds is 3. The summed E-state index contributed by atoms with van der Waals surface area (Å²) < 4.78 is 1.70. The predicted octanol–water partition coefficient (Wildman–Crippen LogP) is 1.15. The van der Waals surface area contributed by atoms with Crippen molar-refractivity contribution in [2.75, 3.05) is 11.9 Å². The van der Waals surface area contributed by atoms with E-state index in [-0.39, 0.29) is 11.1 Å². The summed E-state index contributed by atoms with van der Waals surface area (Å²) in [6.07, 6.45) is 5.47. The molecule has 2 rings (SSSR count).